The standard InChI is InChI=1S/C12H22N2O5/c1-10(15)18-7-5-14(6-8-19-11(2)16)12(17)9-13(3)4/h5-9H2,1-4H3. The zero-order valence-electron chi connectivity index (χ0n) is 12.0. The van der Waals surface area contributed by atoms with Crippen molar-refractivity contribution >= 4 is 17.8 Å². The van der Waals surface area contributed by atoms with Gasteiger partial charge in [0.25, 0.3) is 0 Å². The van der Waals surface area contributed by atoms with Crippen LogP contribution in [0.1, 0.15) is 13.8 Å². The molecule has 0 aromatic carbocycles. The predicted octanol–water partition coefficient (Wildman–Crippen LogP) is -0.497. The molecule has 0 heterocycles. The molecule has 1 amide bonds. The fraction of sp³-hybridized carbons (Fsp3) is 0.750. The van der Waals surface area contributed by atoms with E-state index in [0.29, 0.717) is 0 Å². The summed E-state index contributed by atoms with van der Waals surface area (Å²) >= 11 is 0. The Hall–Kier alpha value is -1.63. The van der Waals surface area contributed by atoms with E-state index >= 15 is 0 Å². The molecule has 0 fully saturated rings. The number of nitrogens with zero attached hydrogens (tertiary/aromatic N) is 2. The van der Waals surface area contributed by atoms with Crippen LogP contribution in [0.15, 0.2) is 0 Å². The molecule has 0 bridgehead atoms. The second-order valence-electron chi connectivity index (χ2n) is 4.30. The lowest BCUT2D eigenvalue weighted by molar-refractivity contribution is -0.145. The van der Waals surface area contributed by atoms with Crippen molar-refractivity contribution in [3.05, 3.63) is 0 Å². The van der Waals surface area contributed by atoms with Gasteiger partial charge in [-0.05, 0) is 14.1 Å². The maximum Gasteiger partial charge on any atom is 0.302 e. The highest BCUT2D eigenvalue weighted by Crippen LogP contribution is 1.94. The highest BCUT2D eigenvalue weighted by Gasteiger charge is 2.14. The zero-order chi connectivity index (χ0) is 14.8. The molecule has 0 spiro atoms. The van der Waals surface area contributed by atoms with Crippen molar-refractivity contribution < 1.29 is 23.9 Å². The van der Waals surface area contributed by atoms with Crippen LogP contribution in [0.4, 0.5) is 0 Å². The third kappa shape index (κ3) is 10.0. The lowest BCUT2D eigenvalue weighted by Gasteiger charge is -2.23. The minimum Gasteiger partial charge on any atom is -0.464 e. The summed E-state index contributed by atoms with van der Waals surface area (Å²) in [6.45, 7) is 3.71. The largest absolute Gasteiger partial charge is 0.464 e. The monoisotopic (exact) mass is 274 g/mol. The molecule has 7 heteroatoms. The number of carbonyl (C=O) groups excluding carboxylic acids is 3. The van der Waals surface area contributed by atoms with Crippen LogP contribution in [0.3, 0.4) is 0 Å². The Bertz CT molecular complexity index is 297. The molecule has 19 heavy (non-hydrogen) atoms. The van der Waals surface area contributed by atoms with Crippen molar-refractivity contribution in [2.24, 2.45) is 0 Å². The smallest absolute Gasteiger partial charge is 0.302 e. The lowest BCUT2D eigenvalue weighted by atomic mass is 10.4. The van der Waals surface area contributed by atoms with Crippen molar-refractivity contribution in [1.29, 1.82) is 0 Å². The van der Waals surface area contributed by atoms with E-state index in [0.717, 1.165) is 0 Å². The number of carbonyl (C=O) groups is 3. The van der Waals surface area contributed by atoms with Gasteiger partial charge in [-0.15, -0.1) is 0 Å². The van der Waals surface area contributed by atoms with Gasteiger partial charge in [-0.3, -0.25) is 14.4 Å². The molecule has 0 aromatic rings. The lowest BCUT2D eigenvalue weighted by Crippen LogP contribution is -2.41. The fourth-order valence-corrected chi connectivity index (χ4v) is 1.33. The van der Waals surface area contributed by atoms with Crippen molar-refractivity contribution in [3.8, 4) is 0 Å². The Morgan fingerprint density at radius 3 is 1.63 bits per heavy atom. The molecule has 110 valence electrons. The molecule has 0 saturated heterocycles. The summed E-state index contributed by atoms with van der Waals surface area (Å²) in [6.07, 6.45) is 0. The van der Waals surface area contributed by atoms with Gasteiger partial charge in [0.1, 0.15) is 13.2 Å². The first-order valence-electron chi connectivity index (χ1n) is 6.02. The molecular weight excluding hydrogens is 252 g/mol. The topological polar surface area (TPSA) is 76.1 Å². The molecule has 0 aliphatic carbocycles. The van der Waals surface area contributed by atoms with Crippen LogP contribution >= 0.6 is 0 Å². The summed E-state index contributed by atoms with van der Waals surface area (Å²) in [4.78, 5) is 36.5. The second kappa shape index (κ2) is 9.32. The number of amides is 1. The van der Waals surface area contributed by atoms with E-state index in [9.17, 15) is 14.4 Å². The maximum absolute atomic E-state index is 11.9. The van der Waals surface area contributed by atoms with E-state index in [1.165, 1.54) is 18.7 Å². The van der Waals surface area contributed by atoms with Gasteiger partial charge in [0.05, 0.1) is 19.6 Å². The van der Waals surface area contributed by atoms with E-state index in [1.807, 2.05) is 0 Å². The first-order valence-corrected chi connectivity index (χ1v) is 6.02. The van der Waals surface area contributed by atoms with Gasteiger partial charge in [0, 0.05) is 13.8 Å². The number of hydrogen-bond acceptors (Lipinski definition) is 6. The Kier molecular flexibility index (Phi) is 8.52. The van der Waals surface area contributed by atoms with Crippen LogP contribution in [-0.4, -0.2) is 74.6 Å². The Labute approximate surface area is 113 Å². The van der Waals surface area contributed by atoms with Crippen molar-refractivity contribution in [2.75, 3.05) is 46.9 Å². The molecule has 0 atom stereocenters. The van der Waals surface area contributed by atoms with E-state index < -0.39 is 0 Å². The van der Waals surface area contributed by atoms with Crippen molar-refractivity contribution in [3.63, 3.8) is 0 Å². The van der Waals surface area contributed by atoms with E-state index in [2.05, 4.69) is 0 Å². The zero-order valence-corrected chi connectivity index (χ0v) is 12.0. The summed E-state index contributed by atoms with van der Waals surface area (Å²) in [5.41, 5.74) is 0. The summed E-state index contributed by atoms with van der Waals surface area (Å²) < 4.78 is 9.60. The minimum absolute atomic E-state index is 0.107. The maximum atomic E-state index is 11.9. The van der Waals surface area contributed by atoms with E-state index in [4.69, 9.17) is 9.47 Å². The first kappa shape index (κ1) is 17.4. The second-order valence-corrected chi connectivity index (χ2v) is 4.30. The Morgan fingerprint density at radius 1 is 0.895 bits per heavy atom. The van der Waals surface area contributed by atoms with Crippen LogP contribution in [0, 0.1) is 0 Å². The number of rotatable bonds is 8. The van der Waals surface area contributed by atoms with Crippen LogP contribution in [0.2, 0.25) is 0 Å². The number of ether oxygens (including phenoxy) is 2. The van der Waals surface area contributed by atoms with E-state index in [1.54, 1.807) is 19.0 Å². The van der Waals surface area contributed by atoms with Crippen molar-refractivity contribution in [2.45, 2.75) is 13.8 Å². The third-order valence-electron chi connectivity index (χ3n) is 2.14. The molecule has 0 aliphatic heterocycles. The van der Waals surface area contributed by atoms with Crippen molar-refractivity contribution in [1.82, 2.24) is 9.80 Å². The number of likely N-dealkylation sites (N-methyl/N-ethyl adjacent to an activating group) is 1. The molecule has 0 N–H and O–H groups in total. The first-order chi connectivity index (χ1) is 8.82. The van der Waals surface area contributed by atoms with Crippen LogP contribution in [-0.2, 0) is 23.9 Å². The van der Waals surface area contributed by atoms with Gasteiger partial charge < -0.3 is 19.3 Å². The SMILES string of the molecule is CC(=O)OCCN(CCOC(C)=O)C(=O)CN(C)C. The molecule has 0 radical (unpaired) electrons. The molecule has 0 unspecified atom stereocenters. The highest BCUT2D eigenvalue weighted by atomic mass is 16.5. The number of hydrogen-bond donors (Lipinski definition) is 0. The summed E-state index contributed by atoms with van der Waals surface area (Å²) in [5.74, 6) is -0.885. The Balaban J connectivity index is 4.24. The van der Waals surface area contributed by atoms with Gasteiger partial charge >= 0.3 is 11.9 Å². The summed E-state index contributed by atoms with van der Waals surface area (Å²) in [5, 5.41) is 0. The van der Waals surface area contributed by atoms with Gasteiger partial charge in [-0.1, -0.05) is 0 Å². The van der Waals surface area contributed by atoms with Gasteiger partial charge in [0.15, 0.2) is 0 Å². The molecule has 0 aromatic heterocycles. The molecule has 0 saturated carbocycles. The molecule has 7 nitrogen and oxygen atoms in total. The minimum atomic E-state index is -0.389. The van der Waals surface area contributed by atoms with E-state index in [-0.39, 0.29) is 50.7 Å². The van der Waals surface area contributed by atoms with Crippen LogP contribution in [0.5, 0.6) is 0 Å². The normalized spacial score (nSPS) is 10.2. The molecular formula is C12H22N2O5. The van der Waals surface area contributed by atoms with Crippen LogP contribution in [0.25, 0.3) is 0 Å². The van der Waals surface area contributed by atoms with Gasteiger partial charge in [-0.25, -0.2) is 0 Å². The third-order valence-corrected chi connectivity index (χ3v) is 2.14. The van der Waals surface area contributed by atoms with Gasteiger partial charge in [-0.2, -0.15) is 0 Å². The predicted molar refractivity (Wildman–Crippen MR) is 68.4 cm³/mol. The molecule has 0 aliphatic rings. The quantitative estimate of drug-likeness (QED) is 0.556. The number of esters is 2. The highest BCUT2D eigenvalue weighted by molar-refractivity contribution is 5.78. The van der Waals surface area contributed by atoms with Crippen LogP contribution < -0.4 is 0 Å². The average Bonchev–Trinajstić information content (AvgIpc) is 2.25. The summed E-state index contributed by atoms with van der Waals surface area (Å²) in [7, 11) is 3.57. The van der Waals surface area contributed by atoms with Gasteiger partial charge in [0.2, 0.25) is 5.91 Å². The fourth-order valence-electron chi connectivity index (χ4n) is 1.33. The molecule has 0 rings (SSSR count). The Morgan fingerprint density at radius 2 is 1.32 bits per heavy atom. The average molecular weight is 274 g/mol. The summed E-state index contributed by atoms with van der Waals surface area (Å²) in [6, 6.07) is 0.